The summed E-state index contributed by atoms with van der Waals surface area (Å²) >= 11 is 0. The molecule has 30 heteroatoms. The summed E-state index contributed by atoms with van der Waals surface area (Å²) in [6.45, 7) is 46.1. The highest BCUT2D eigenvalue weighted by Crippen LogP contribution is 2.46. The molecule has 3 heterocycles. The zero-order valence-electron chi connectivity index (χ0n) is 68.2. The van der Waals surface area contributed by atoms with Crippen LogP contribution < -0.4 is 0 Å². The van der Waals surface area contributed by atoms with Crippen molar-refractivity contribution < 1.29 is 137 Å². The van der Waals surface area contributed by atoms with Crippen molar-refractivity contribution in [1.29, 1.82) is 0 Å². The molecule has 3 saturated heterocycles. The standard InChI is InChI=1S/C11H18O5.C10H20O4.2C9H18O5.C6H16N.C6H14O2.C6H14O.C5H13O2P.C5H12O2S.C5H10O/c1-5(2)6-4-7(11(15)16-3)9(13)10(14)8(6)12;1-4-6-7(11)8(12)9(13)10(14-6)5(2)3;1-4(2)8-6(11)5(10)7(12)9(13-3)14-8;1-4(2)6-8(12)7(11)5(3-10)14-9(6)13;1-6(2)7(3,4)5;1-5(2)6(3-7)4-8;1-5(2)6(3)4-7;2*1-5(2)8(4,6)7-3;1-4(2)5(3)6/h4-6,8-10,12-14H,1-3H3;5-13H,4H2,1-3H3;4-12H,1-3H3;4-13H,3H2,1-2H3;6H,1-5H3;5-8H,3-4H2,1-2H3;5-7H,4H2,1-3H3;5H,1-4H3;5H,4H2,1-3H3;4H,1-3H3/q;;;;+1;;;;;. The van der Waals surface area contributed by atoms with E-state index in [-0.39, 0.29) is 83.0 Å². The van der Waals surface area contributed by atoms with Crippen LogP contribution >= 0.6 is 7.37 Å². The average molecular weight is 1530 g/mol. The number of esters is 1. The van der Waals surface area contributed by atoms with E-state index in [0.717, 1.165) is 10.5 Å². The molecule has 3 aliphatic heterocycles. The van der Waals surface area contributed by atoms with E-state index in [1.54, 1.807) is 13.6 Å². The lowest BCUT2D eigenvalue weighted by Crippen LogP contribution is -2.59. The lowest BCUT2D eigenvalue weighted by molar-refractivity contribution is -0.891. The monoisotopic (exact) mass is 1530 g/mol. The number of hydrogen-bond acceptors (Lipinski definition) is 27. The molecule has 102 heavy (non-hydrogen) atoms. The number of rotatable bonds is 19. The second-order valence-corrected chi connectivity index (χ2v) is 36.2. The van der Waals surface area contributed by atoms with Crippen LogP contribution in [-0.4, -0.2) is 312 Å². The SMILES string of the molecule is C=S(=O)(OC)C(C)C.CC(=O)C(C)C.CC(C)C(C)CO.CC(C)C(CO)CO.CC(C)C1C(O)OC(CO)C(O)C1O.CC(C)[N+](C)(C)C.CCC1OC(C(C)C)C(O)C(O)C1O.COC(=O)C1=CC(C(C)C)C(O)C(O)C1O.COC1OC(C(C)C)C(O)C(O)C1O.COP(C)(=O)C(C)C. The minimum Gasteiger partial charge on any atom is -0.466 e. The minimum atomic E-state index is -2.25. The molecular formula is C72H153NO27PS+. The smallest absolute Gasteiger partial charge is 0.336 e. The van der Waals surface area contributed by atoms with E-state index in [1.165, 1.54) is 34.5 Å². The first kappa shape index (κ1) is 111. The third-order valence-corrected chi connectivity index (χ3v) is 23.1. The normalized spacial score (nSPS) is 30.0. The zero-order valence-corrected chi connectivity index (χ0v) is 69.9. The van der Waals surface area contributed by atoms with Gasteiger partial charge in [0.2, 0.25) is 7.37 Å². The Hall–Kier alpha value is -1.79. The molecule has 0 aromatic carbocycles. The summed E-state index contributed by atoms with van der Waals surface area (Å²) in [5, 5.41) is 150. The molecule has 0 bridgehead atoms. The van der Waals surface area contributed by atoms with Gasteiger partial charge in [-0.1, -0.05) is 131 Å². The predicted molar refractivity (Wildman–Crippen MR) is 400 cm³/mol. The van der Waals surface area contributed by atoms with E-state index in [9.17, 15) is 79.6 Å². The molecule has 618 valence electrons. The number of ether oxygens (including phenoxy) is 5. The highest BCUT2D eigenvalue weighted by molar-refractivity contribution is 7.96. The first-order chi connectivity index (χ1) is 46.3. The minimum absolute atomic E-state index is 0.00528. The van der Waals surface area contributed by atoms with Gasteiger partial charge in [0.1, 0.15) is 66.8 Å². The van der Waals surface area contributed by atoms with Crippen molar-refractivity contribution >= 4 is 34.8 Å². The summed E-state index contributed by atoms with van der Waals surface area (Å²) in [5.74, 6) is 4.04. The van der Waals surface area contributed by atoms with Gasteiger partial charge in [-0.3, -0.25) is 9.36 Å². The van der Waals surface area contributed by atoms with E-state index >= 15 is 0 Å². The molecule has 22 unspecified atom stereocenters. The molecule has 0 spiro atoms. The summed E-state index contributed by atoms with van der Waals surface area (Å²) in [4.78, 5) is 21.5. The fourth-order valence-corrected chi connectivity index (χ4v) is 9.13. The Morgan fingerprint density at radius 1 is 0.569 bits per heavy atom. The maximum Gasteiger partial charge on any atom is 0.336 e. The maximum atomic E-state index is 11.4. The highest BCUT2D eigenvalue weighted by atomic mass is 32.2. The number of Topliss-reactive ketones (excluding diaryl/α,β-unsaturated/α-hetero) is 1. The van der Waals surface area contributed by atoms with Crippen molar-refractivity contribution in [2.75, 3.05) is 82.7 Å². The van der Waals surface area contributed by atoms with Gasteiger partial charge in [0.15, 0.2) is 12.6 Å². The fourth-order valence-electron chi connectivity index (χ4n) is 8.32. The highest BCUT2D eigenvalue weighted by Gasteiger charge is 2.47. The van der Waals surface area contributed by atoms with Crippen LogP contribution in [0.5, 0.6) is 0 Å². The zero-order chi connectivity index (χ0) is 82.3. The second kappa shape index (κ2) is 55.6. The Labute approximate surface area is 615 Å². The summed E-state index contributed by atoms with van der Waals surface area (Å²) in [6.07, 6.45) is -14.7. The lowest BCUT2D eigenvalue weighted by Gasteiger charge is -2.42. The van der Waals surface area contributed by atoms with Gasteiger partial charge in [-0.2, -0.15) is 0 Å². The van der Waals surface area contributed by atoms with Crippen LogP contribution in [-0.2, 0) is 56.3 Å². The number of carbonyl (C=O) groups excluding carboxylic acids is 2. The van der Waals surface area contributed by atoms with Crippen molar-refractivity contribution in [2.45, 2.75) is 287 Å². The number of methoxy groups -OCH3 is 2. The van der Waals surface area contributed by atoms with Gasteiger partial charge in [-0.15, -0.1) is 0 Å². The Bertz CT molecular complexity index is 2250. The van der Waals surface area contributed by atoms with Gasteiger partial charge in [0, 0.05) is 75.3 Å². The second-order valence-electron chi connectivity index (χ2n) is 30.4. The molecule has 4 rings (SSSR count). The molecule has 28 nitrogen and oxygen atoms in total. The van der Waals surface area contributed by atoms with Gasteiger partial charge >= 0.3 is 5.97 Å². The third kappa shape index (κ3) is 42.2. The average Bonchev–Trinajstić information content (AvgIpc) is 0.827. The molecule has 22 atom stereocenters. The van der Waals surface area contributed by atoms with Crippen LogP contribution in [0.1, 0.15) is 166 Å². The molecular weight excluding hydrogens is 1370 g/mol. The largest absolute Gasteiger partial charge is 0.466 e. The van der Waals surface area contributed by atoms with E-state index in [2.05, 4.69) is 63.6 Å². The molecule has 4 aliphatic rings. The Kier molecular flexibility index (Phi) is 60.6. The van der Waals surface area contributed by atoms with Gasteiger partial charge in [0.05, 0.1) is 93.9 Å². The molecule has 3 fully saturated rings. The Balaban J connectivity index is -0.000000256. The van der Waals surface area contributed by atoms with Gasteiger partial charge in [-0.25, -0.2) is 9.00 Å². The molecule has 0 aromatic heterocycles. The number of aliphatic hydroxyl groups excluding tert-OH is 16. The van der Waals surface area contributed by atoms with Gasteiger partial charge < -0.3 is 119 Å². The first-order valence-corrected chi connectivity index (χ1v) is 39.5. The molecule has 16 N–H and O–H groups in total. The fraction of sp³-hybridized carbons (Fsp3) is 0.931. The number of hydrogen-bond donors (Lipinski definition) is 16. The Morgan fingerprint density at radius 3 is 1.22 bits per heavy atom. The maximum absolute atomic E-state index is 11.4. The van der Waals surface area contributed by atoms with Gasteiger partial charge in [-0.05, 0) is 88.3 Å². The summed E-state index contributed by atoms with van der Waals surface area (Å²) in [7, 11) is 7.61. The van der Waals surface area contributed by atoms with E-state index in [4.69, 9.17) is 43.9 Å². The van der Waals surface area contributed by atoms with Crippen molar-refractivity contribution in [3.8, 4) is 0 Å². The van der Waals surface area contributed by atoms with Crippen molar-refractivity contribution in [1.82, 2.24) is 0 Å². The topological polar surface area (TPSA) is 457 Å². The van der Waals surface area contributed by atoms with Crippen LogP contribution in [0.4, 0.5) is 0 Å². The van der Waals surface area contributed by atoms with Crippen molar-refractivity contribution in [3.05, 3.63) is 11.6 Å². The van der Waals surface area contributed by atoms with Crippen LogP contribution in [0.2, 0.25) is 0 Å². The van der Waals surface area contributed by atoms with E-state index in [0.29, 0.717) is 30.8 Å². The molecule has 0 amide bonds. The van der Waals surface area contributed by atoms with Crippen molar-refractivity contribution in [2.24, 2.45) is 65.1 Å². The predicted octanol–water partition coefficient (Wildman–Crippen LogP) is 3.61. The van der Waals surface area contributed by atoms with Crippen LogP contribution in [0.15, 0.2) is 11.6 Å². The summed E-state index contributed by atoms with van der Waals surface area (Å²) < 4.78 is 57.6. The van der Waals surface area contributed by atoms with Crippen LogP contribution in [0.25, 0.3) is 0 Å². The lowest BCUT2D eigenvalue weighted by atomic mass is 9.78. The summed E-state index contributed by atoms with van der Waals surface area (Å²) in [6, 6.07) is 0.736. The molecule has 0 saturated carbocycles. The van der Waals surface area contributed by atoms with E-state index in [1.807, 2.05) is 125 Å². The third-order valence-electron chi connectivity index (χ3n) is 18.5. The number of quaternary nitrogens is 1. The number of nitrogens with zero attached hydrogens (tertiary/aromatic N) is 1. The van der Waals surface area contributed by atoms with Crippen LogP contribution in [0.3, 0.4) is 0 Å². The molecule has 0 radical (unpaired) electrons. The molecule has 1 aliphatic carbocycles. The van der Waals surface area contributed by atoms with Gasteiger partial charge in [0.25, 0.3) is 0 Å². The molecule has 0 aromatic rings. The van der Waals surface area contributed by atoms with Crippen LogP contribution in [0, 0.1) is 65.1 Å². The number of carbonyl (C=O) groups is 2. The first-order valence-electron chi connectivity index (χ1n) is 35.6. The number of ketones is 1. The van der Waals surface area contributed by atoms with E-state index < -0.39 is 134 Å². The quantitative estimate of drug-likeness (QED) is 0.0380. The Morgan fingerprint density at radius 2 is 0.980 bits per heavy atom. The number of aliphatic hydroxyl groups is 16. The summed E-state index contributed by atoms with van der Waals surface area (Å²) in [5.41, 5.74) is 0.159. The van der Waals surface area contributed by atoms with Crippen molar-refractivity contribution in [3.63, 3.8) is 0 Å².